The molecule has 6 N–H and O–H groups in total. The molecule has 3 amide bonds. The Bertz CT molecular complexity index is 2610. The number of carbonyl (C=O) groups is 4. The SMILES string of the molecule is CCn1nc(C)cc1C(=O)Cc1nc2cc(C(N)=O)cc(OCCCNCCOC(F)F)c2n1C/C=C/Cn1c(NC(=O)c2cc(C)nn2CC)nc2cc(C(N)=O)cnc21. The number of alkyl halides is 2. The minimum absolute atomic E-state index is 0.119. The lowest BCUT2D eigenvalue weighted by atomic mass is 10.1. The number of allylic oxidation sites excluding steroid dienone is 2. The lowest BCUT2D eigenvalue weighted by Gasteiger charge is -2.13. The number of aromatic nitrogens is 9. The van der Waals surface area contributed by atoms with Crippen molar-refractivity contribution in [2.75, 3.05) is 31.6 Å². The van der Waals surface area contributed by atoms with E-state index in [9.17, 15) is 28.0 Å². The Morgan fingerprint density at radius 1 is 0.820 bits per heavy atom. The Morgan fingerprint density at radius 3 is 2.15 bits per heavy atom. The molecule has 1 aromatic carbocycles. The number of halogens is 2. The molecule has 0 radical (unpaired) electrons. The van der Waals surface area contributed by atoms with E-state index in [-0.39, 0.29) is 62.1 Å². The summed E-state index contributed by atoms with van der Waals surface area (Å²) < 4.78 is 41.8. The zero-order chi connectivity index (χ0) is 43.8. The molecule has 21 heteroatoms. The van der Waals surface area contributed by atoms with Crippen LogP contribution in [0.3, 0.4) is 0 Å². The number of hydrogen-bond donors (Lipinski definition) is 4. The van der Waals surface area contributed by atoms with Crippen molar-refractivity contribution >= 4 is 51.7 Å². The third-order valence-corrected chi connectivity index (χ3v) is 9.53. The summed E-state index contributed by atoms with van der Waals surface area (Å²) in [5.41, 5.74) is 15.2. The smallest absolute Gasteiger partial charge is 0.345 e. The van der Waals surface area contributed by atoms with E-state index in [1.807, 2.05) is 30.6 Å². The highest BCUT2D eigenvalue weighted by Gasteiger charge is 2.23. The molecule has 0 fully saturated rings. The molecule has 61 heavy (non-hydrogen) atoms. The second-order valence-corrected chi connectivity index (χ2v) is 13.9. The monoisotopic (exact) mass is 843 g/mol. The molecule has 0 aliphatic heterocycles. The molecule has 0 bridgehead atoms. The summed E-state index contributed by atoms with van der Waals surface area (Å²) in [6, 6.07) is 7.93. The minimum atomic E-state index is -2.85. The Hall–Kier alpha value is -6.87. The number of benzene rings is 1. The molecule has 5 heterocycles. The van der Waals surface area contributed by atoms with Gasteiger partial charge in [-0.15, -0.1) is 0 Å². The van der Waals surface area contributed by atoms with Gasteiger partial charge in [0.05, 0.1) is 42.1 Å². The van der Waals surface area contributed by atoms with Crippen LogP contribution in [0.5, 0.6) is 5.75 Å². The van der Waals surface area contributed by atoms with Crippen LogP contribution >= 0.6 is 0 Å². The van der Waals surface area contributed by atoms with Crippen LogP contribution in [0.4, 0.5) is 14.7 Å². The molecule has 0 aliphatic carbocycles. The molecule has 6 aromatic rings. The number of ether oxygens (including phenoxy) is 2. The number of carbonyl (C=O) groups excluding carboxylic acids is 4. The molecule has 322 valence electrons. The van der Waals surface area contributed by atoms with E-state index < -0.39 is 24.3 Å². The Kier molecular flexibility index (Phi) is 13.9. The number of anilines is 1. The van der Waals surface area contributed by atoms with Gasteiger partial charge in [0.15, 0.2) is 11.4 Å². The lowest BCUT2D eigenvalue weighted by molar-refractivity contribution is -0.127. The number of nitrogens with two attached hydrogens (primary N) is 2. The first-order valence-electron chi connectivity index (χ1n) is 19.6. The molecule has 19 nitrogen and oxygen atoms in total. The largest absolute Gasteiger partial charge is 0.491 e. The summed E-state index contributed by atoms with van der Waals surface area (Å²) >= 11 is 0. The first-order valence-corrected chi connectivity index (χ1v) is 19.6. The standard InChI is InChI=1S/C40H47F2N13O6/c1-5-54-29(16-23(3)50-54)31(56)21-33-47-27-18-25(35(43)57)20-32(60-14-9-10-45-11-15-61-39(41)42)34(27)52(33)12-7-8-13-53-37-28(19-26(22-46-37)36(44)58)48-40(53)49-38(59)30-17-24(4)51-55(30)6-2/h7-8,16-20,22,39,45H,5-6,9-15,21H2,1-4H3,(H2,43,57)(H2,44,58)(H,48,49,59)/b8-7+. The maximum atomic E-state index is 13.8. The molecule has 0 saturated heterocycles. The van der Waals surface area contributed by atoms with Crippen LogP contribution in [0.1, 0.15) is 79.2 Å². The maximum absolute atomic E-state index is 13.8. The van der Waals surface area contributed by atoms with Crippen LogP contribution in [-0.2, 0) is 37.3 Å². The fourth-order valence-corrected chi connectivity index (χ4v) is 6.74. The zero-order valence-electron chi connectivity index (χ0n) is 34.2. The summed E-state index contributed by atoms with van der Waals surface area (Å²) in [6.07, 6.45) is 5.34. The number of hydrogen-bond acceptors (Lipinski definition) is 12. The highest BCUT2D eigenvalue weighted by Crippen LogP contribution is 2.30. The van der Waals surface area contributed by atoms with E-state index in [1.54, 1.807) is 39.9 Å². The number of amides is 3. The minimum Gasteiger partial charge on any atom is -0.491 e. The molecule has 5 aromatic heterocycles. The normalized spacial score (nSPS) is 11.7. The van der Waals surface area contributed by atoms with Gasteiger partial charge in [-0.2, -0.15) is 19.0 Å². The summed E-state index contributed by atoms with van der Waals surface area (Å²) in [4.78, 5) is 65.6. The molecule has 0 aliphatic rings. The van der Waals surface area contributed by atoms with Gasteiger partial charge in [0.1, 0.15) is 34.0 Å². The number of primary amides is 2. The molecule has 0 spiro atoms. The lowest BCUT2D eigenvalue weighted by Crippen LogP contribution is -2.23. The predicted molar refractivity (Wildman–Crippen MR) is 220 cm³/mol. The van der Waals surface area contributed by atoms with Crippen molar-refractivity contribution in [1.29, 1.82) is 0 Å². The second kappa shape index (κ2) is 19.5. The number of nitrogens with zero attached hydrogens (tertiary/aromatic N) is 9. The van der Waals surface area contributed by atoms with Crippen LogP contribution < -0.4 is 26.8 Å². The van der Waals surface area contributed by atoms with Crippen molar-refractivity contribution in [3.63, 3.8) is 0 Å². The number of nitrogens with one attached hydrogen (secondary N) is 2. The number of rotatable bonds is 22. The quantitative estimate of drug-likeness (QED) is 0.0435. The highest BCUT2D eigenvalue weighted by molar-refractivity contribution is 6.03. The van der Waals surface area contributed by atoms with Crippen molar-refractivity contribution in [1.82, 2.24) is 49.0 Å². The molecule has 0 unspecified atom stereocenters. The van der Waals surface area contributed by atoms with Crippen molar-refractivity contribution in [3.05, 3.63) is 88.4 Å². The average molecular weight is 844 g/mol. The second-order valence-electron chi connectivity index (χ2n) is 13.9. The van der Waals surface area contributed by atoms with Gasteiger partial charge in [-0.3, -0.25) is 38.4 Å². The fraction of sp³-hybridized carbons (Fsp3) is 0.375. The molecule has 6 rings (SSSR count). The summed E-state index contributed by atoms with van der Waals surface area (Å²) in [5.74, 6) is -1.24. The Labute approximate surface area is 348 Å². The Balaban J connectivity index is 1.33. The molecule has 0 saturated carbocycles. The van der Waals surface area contributed by atoms with Crippen molar-refractivity contribution in [3.8, 4) is 5.75 Å². The first kappa shape index (κ1) is 43.7. The number of aryl methyl sites for hydroxylation is 4. The van der Waals surface area contributed by atoms with Crippen molar-refractivity contribution < 1.29 is 37.4 Å². The number of imidazole rings is 2. The number of pyridine rings is 1. The van der Waals surface area contributed by atoms with E-state index >= 15 is 0 Å². The van der Waals surface area contributed by atoms with Gasteiger partial charge >= 0.3 is 6.61 Å². The number of Topliss-reactive ketones (excluding diaryl/α,β-unsaturated/α-hetero) is 1. The number of fused-ring (bicyclic) bond motifs is 2. The van der Waals surface area contributed by atoms with Crippen LogP contribution in [0.25, 0.3) is 22.2 Å². The van der Waals surface area contributed by atoms with Gasteiger partial charge in [-0.05, 0) is 71.0 Å². The van der Waals surface area contributed by atoms with E-state index in [0.717, 1.165) is 0 Å². The average Bonchev–Trinajstić information content (AvgIpc) is 3.99. The van der Waals surface area contributed by atoms with Gasteiger partial charge in [0.25, 0.3) is 5.91 Å². The van der Waals surface area contributed by atoms with Crippen LogP contribution in [-0.4, -0.2) is 100 Å². The summed E-state index contributed by atoms with van der Waals surface area (Å²) in [7, 11) is 0. The van der Waals surface area contributed by atoms with Crippen molar-refractivity contribution in [2.45, 2.75) is 73.3 Å². The predicted octanol–water partition coefficient (Wildman–Crippen LogP) is 3.56. The van der Waals surface area contributed by atoms with Gasteiger partial charge in [-0.1, -0.05) is 12.2 Å². The van der Waals surface area contributed by atoms with Crippen LogP contribution in [0.2, 0.25) is 0 Å². The van der Waals surface area contributed by atoms with Gasteiger partial charge in [0, 0.05) is 44.5 Å². The van der Waals surface area contributed by atoms with Gasteiger partial charge < -0.3 is 30.8 Å². The molecule has 0 atom stereocenters. The third-order valence-electron chi connectivity index (χ3n) is 9.53. The van der Waals surface area contributed by atoms with Crippen LogP contribution in [0, 0.1) is 13.8 Å². The molecular weight excluding hydrogens is 797 g/mol. The van der Waals surface area contributed by atoms with Crippen molar-refractivity contribution in [2.24, 2.45) is 11.5 Å². The van der Waals surface area contributed by atoms with E-state index in [1.165, 1.54) is 24.4 Å². The van der Waals surface area contributed by atoms with Gasteiger partial charge in [-0.25, -0.2) is 15.0 Å². The van der Waals surface area contributed by atoms with E-state index in [0.29, 0.717) is 82.6 Å². The summed E-state index contributed by atoms with van der Waals surface area (Å²) in [5, 5.41) is 14.7. The Morgan fingerprint density at radius 2 is 1.48 bits per heavy atom. The third kappa shape index (κ3) is 10.3. The summed E-state index contributed by atoms with van der Waals surface area (Å²) in [6.45, 7) is 6.45. The van der Waals surface area contributed by atoms with E-state index in [2.05, 4.69) is 35.5 Å². The van der Waals surface area contributed by atoms with E-state index in [4.69, 9.17) is 21.2 Å². The first-order chi connectivity index (χ1) is 29.3. The fourth-order valence-electron chi connectivity index (χ4n) is 6.74. The zero-order valence-corrected chi connectivity index (χ0v) is 34.2. The van der Waals surface area contributed by atoms with Gasteiger partial charge in [0.2, 0.25) is 17.8 Å². The van der Waals surface area contributed by atoms with Crippen LogP contribution in [0.15, 0.2) is 48.7 Å². The topological polar surface area (TPSA) is 247 Å². The highest BCUT2D eigenvalue weighted by atomic mass is 19.3. The molecular formula is C40H47F2N13O6. The number of ketones is 1. The maximum Gasteiger partial charge on any atom is 0.345 e.